The summed E-state index contributed by atoms with van der Waals surface area (Å²) in [5.74, 6) is 0.318. The minimum atomic E-state index is -2.98. The van der Waals surface area contributed by atoms with Crippen molar-refractivity contribution in [3.05, 3.63) is 29.8 Å². The first-order valence-corrected chi connectivity index (χ1v) is 11.1. The summed E-state index contributed by atoms with van der Waals surface area (Å²) < 4.78 is 23.4. The van der Waals surface area contributed by atoms with Gasteiger partial charge in [0.05, 0.1) is 17.5 Å². The molecule has 0 radical (unpaired) electrons. The Morgan fingerprint density at radius 2 is 1.92 bits per heavy atom. The molecule has 1 amide bonds. The van der Waals surface area contributed by atoms with E-state index in [0.29, 0.717) is 6.42 Å². The van der Waals surface area contributed by atoms with Crippen LogP contribution in [-0.2, 0) is 14.6 Å². The van der Waals surface area contributed by atoms with Gasteiger partial charge in [0.15, 0.2) is 9.84 Å². The number of amides is 1. The Bertz CT molecular complexity index is 757. The van der Waals surface area contributed by atoms with Gasteiger partial charge in [0.2, 0.25) is 5.91 Å². The third-order valence-electron chi connectivity index (χ3n) is 5.69. The second kappa shape index (κ2) is 7.56. The van der Waals surface area contributed by atoms with E-state index in [1.807, 2.05) is 6.92 Å². The first-order valence-electron chi connectivity index (χ1n) is 9.29. The first kappa shape index (κ1) is 19.2. The van der Waals surface area contributed by atoms with Gasteiger partial charge in [0, 0.05) is 45.0 Å². The predicted molar refractivity (Wildman–Crippen MR) is 104 cm³/mol. The number of likely N-dealkylation sites (N-methyl/N-ethyl adjacent to an activating group) is 1. The molecule has 1 aromatic carbocycles. The van der Waals surface area contributed by atoms with Crippen molar-refractivity contribution >= 4 is 21.4 Å². The van der Waals surface area contributed by atoms with E-state index < -0.39 is 9.84 Å². The largest absolute Gasteiger partial charge is 0.369 e. The van der Waals surface area contributed by atoms with Crippen molar-refractivity contribution < 1.29 is 13.2 Å². The zero-order valence-corrected chi connectivity index (χ0v) is 16.7. The number of hydrogen-bond donors (Lipinski definition) is 0. The fourth-order valence-corrected chi connectivity index (χ4v) is 5.68. The minimum Gasteiger partial charge on any atom is -0.369 e. The molecule has 1 aromatic rings. The maximum Gasteiger partial charge on any atom is 0.239 e. The Labute approximate surface area is 156 Å². The van der Waals surface area contributed by atoms with Gasteiger partial charge in [-0.2, -0.15) is 0 Å². The van der Waals surface area contributed by atoms with Gasteiger partial charge in [-0.05, 0) is 38.0 Å². The maximum atomic E-state index is 12.8. The van der Waals surface area contributed by atoms with Crippen LogP contribution in [-0.4, -0.2) is 80.9 Å². The smallest absolute Gasteiger partial charge is 0.239 e. The number of carbonyl (C=O) groups is 1. The molecule has 2 atom stereocenters. The molecule has 0 bridgehead atoms. The second-order valence-corrected chi connectivity index (χ2v) is 9.77. The van der Waals surface area contributed by atoms with E-state index in [2.05, 4.69) is 41.0 Å². The van der Waals surface area contributed by atoms with Gasteiger partial charge in [-0.1, -0.05) is 12.1 Å². The van der Waals surface area contributed by atoms with Gasteiger partial charge < -0.3 is 9.80 Å². The van der Waals surface area contributed by atoms with Crippen LogP contribution in [0, 0.1) is 6.92 Å². The highest BCUT2D eigenvalue weighted by Crippen LogP contribution is 2.21. The van der Waals surface area contributed by atoms with Gasteiger partial charge in [0.1, 0.15) is 0 Å². The third kappa shape index (κ3) is 4.20. The number of piperazine rings is 1. The zero-order valence-electron chi connectivity index (χ0n) is 15.9. The quantitative estimate of drug-likeness (QED) is 0.785. The molecule has 3 rings (SSSR count). The Morgan fingerprint density at radius 3 is 2.50 bits per heavy atom. The van der Waals surface area contributed by atoms with E-state index in [1.54, 1.807) is 11.9 Å². The highest BCUT2D eigenvalue weighted by molar-refractivity contribution is 7.91. The van der Waals surface area contributed by atoms with Crippen LogP contribution >= 0.6 is 0 Å². The Hall–Kier alpha value is -1.60. The van der Waals surface area contributed by atoms with Crippen molar-refractivity contribution in [3.8, 4) is 0 Å². The molecule has 0 N–H and O–H groups in total. The van der Waals surface area contributed by atoms with Crippen molar-refractivity contribution in [2.24, 2.45) is 0 Å². The lowest BCUT2D eigenvalue weighted by Gasteiger charge is -2.40. The number of nitrogens with zero attached hydrogens (tertiary/aromatic N) is 3. The topological polar surface area (TPSA) is 60.9 Å². The summed E-state index contributed by atoms with van der Waals surface area (Å²) >= 11 is 0. The van der Waals surface area contributed by atoms with Gasteiger partial charge in [-0.3, -0.25) is 9.69 Å². The second-order valence-electron chi connectivity index (χ2n) is 7.54. The van der Waals surface area contributed by atoms with Crippen molar-refractivity contribution in [3.63, 3.8) is 0 Å². The van der Waals surface area contributed by atoms with Gasteiger partial charge in [0.25, 0.3) is 0 Å². The summed E-state index contributed by atoms with van der Waals surface area (Å²) in [7, 11) is -1.24. The van der Waals surface area contributed by atoms with Crippen LogP contribution in [0.1, 0.15) is 18.9 Å². The van der Waals surface area contributed by atoms with Crippen LogP contribution in [0.2, 0.25) is 0 Å². The van der Waals surface area contributed by atoms with E-state index in [1.165, 1.54) is 11.3 Å². The number of anilines is 1. The number of rotatable bonds is 4. The Morgan fingerprint density at radius 1 is 1.23 bits per heavy atom. The maximum absolute atomic E-state index is 12.8. The van der Waals surface area contributed by atoms with Crippen LogP contribution in [0.5, 0.6) is 0 Å². The molecule has 0 aliphatic carbocycles. The van der Waals surface area contributed by atoms with Crippen LogP contribution in [0.25, 0.3) is 0 Å². The Balaban J connectivity index is 1.56. The average molecular weight is 380 g/mol. The Kier molecular flexibility index (Phi) is 5.58. The average Bonchev–Trinajstić information content (AvgIpc) is 3.00. The molecule has 0 aromatic heterocycles. The third-order valence-corrected chi connectivity index (χ3v) is 7.44. The number of hydrogen-bond acceptors (Lipinski definition) is 5. The number of carbonyl (C=O) groups excluding carboxylic acids is 1. The van der Waals surface area contributed by atoms with E-state index in [0.717, 1.165) is 26.2 Å². The molecular formula is C19H29N3O3S. The summed E-state index contributed by atoms with van der Waals surface area (Å²) in [5.41, 5.74) is 2.48. The molecule has 2 heterocycles. The SMILES string of the molecule is Cc1cccc(N2CCN([C@H](C)C(=O)N(C)[C@@H]3CCS(=O)(=O)C3)CC2)c1. The van der Waals surface area contributed by atoms with E-state index in [4.69, 9.17) is 0 Å². The number of sulfone groups is 1. The summed E-state index contributed by atoms with van der Waals surface area (Å²) in [5, 5.41) is 0. The summed E-state index contributed by atoms with van der Waals surface area (Å²) in [6, 6.07) is 8.10. The molecule has 2 aliphatic rings. The molecule has 2 fully saturated rings. The fraction of sp³-hybridized carbons (Fsp3) is 0.632. The van der Waals surface area contributed by atoms with E-state index >= 15 is 0 Å². The molecular weight excluding hydrogens is 350 g/mol. The predicted octanol–water partition coefficient (Wildman–Crippen LogP) is 1.15. The molecule has 144 valence electrons. The summed E-state index contributed by atoms with van der Waals surface area (Å²) in [6.07, 6.45) is 0.554. The van der Waals surface area contributed by atoms with Gasteiger partial charge in [-0.15, -0.1) is 0 Å². The van der Waals surface area contributed by atoms with E-state index in [9.17, 15) is 13.2 Å². The molecule has 2 aliphatic heterocycles. The van der Waals surface area contributed by atoms with Crippen LogP contribution in [0.3, 0.4) is 0 Å². The highest BCUT2D eigenvalue weighted by Gasteiger charge is 2.35. The number of aryl methyl sites for hydroxylation is 1. The normalized spacial score (nSPS) is 24.4. The molecule has 0 unspecified atom stereocenters. The van der Waals surface area contributed by atoms with Crippen molar-refractivity contribution in [2.45, 2.75) is 32.4 Å². The molecule has 0 saturated carbocycles. The van der Waals surface area contributed by atoms with E-state index in [-0.39, 0.29) is 29.5 Å². The molecule has 7 heteroatoms. The van der Waals surface area contributed by atoms with Crippen LogP contribution in [0.15, 0.2) is 24.3 Å². The monoisotopic (exact) mass is 379 g/mol. The zero-order chi connectivity index (χ0) is 18.9. The fourth-order valence-electron chi connectivity index (χ4n) is 3.90. The van der Waals surface area contributed by atoms with Crippen molar-refractivity contribution in [2.75, 3.05) is 49.6 Å². The van der Waals surface area contributed by atoms with Crippen molar-refractivity contribution in [1.82, 2.24) is 9.80 Å². The van der Waals surface area contributed by atoms with Gasteiger partial charge in [-0.25, -0.2) is 8.42 Å². The summed E-state index contributed by atoms with van der Waals surface area (Å²) in [6.45, 7) is 7.48. The lowest BCUT2D eigenvalue weighted by atomic mass is 10.1. The minimum absolute atomic E-state index is 0.0242. The molecule has 26 heavy (non-hydrogen) atoms. The summed E-state index contributed by atoms with van der Waals surface area (Å²) in [4.78, 5) is 19.0. The van der Waals surface area contributed by atoms with Gasteiger partial charge >= 0.3 is 0 Å². The number of benzene rings is 1. The standard InChI is InChI=1S/C19H29N3O3S/c1-15-5-4-6-17(13-15)22-10-8-21(9-11-22)16(2)19(23)20(3)18-7-12-26(24,25)14-18/h4-6,13,16,18H,7-12,14H2,1-3H3/t16-,18-/m1/s1. The molecule has 0 spiro atoms. The van der Waals surface area contributed by atoms with Crippen LogP contribution in [0.4, 0.5) is 5.69 Å². The molecule has 2 saturated heterocycles. The highest BCUT2D eigenvalue weighted by atomic mass is 32.2. The molecule has 6 nitrogen and oxygen atoms in total. The van der Waals surface area contributed by atoms with Crippen LogP contribution < -0.4 is 4.90 Å². The van der Waals surface area contributed by atoms with Crippen molar-refractivity contribution in [1.29, 1.82) is 0 Å². The lowest BCUT2D eigenvalue weighted by molar-refractivity contribution is -0.136. The lowest BCUT2D eigenvalue weighted by Crippen LogP contribution is -2.55. The first-order chi connectivity index (χ1) is 12.3.